The van der Waals surface area contributed by atoms with E-state index in [9.17, 15) is 0 Å². The molecule has 0 aliphatic rings. The van der Waals surface area contributed by atoms with Gasteiger partial charge >= 0.3 is 0 Å². The monoisotopic (exact) mass is 282 g/mol. The van der Waals surface area contributed by atoms with Gasteiger partial charge in [-0.05, 0) is 31.5 Å². The second-order valence-electron chi connectivity index (χ2n) is 4.94. The van der Waals surface area contributed by atoms with Crippen LogP contribution >= 0.6 is 11.6 Å². The third kappa shape index (κ3) is 2.35. The highest BCUT2D eigenvalue weighted by atomic mass is 35.5. The van der Waals surface area contributed by atoms with E-state index in [2.05, 4.69) is 37.1 Å². The third-order valence-electron chi connectivity index (χ3n) is 3.37. The highest BCUT2D eigenvalue weighted by Gasteiger charge is 2.08. The van der Waals surface area contributed by atoms with Gasteiger partial charge in [0.05, 0.1) is 11.9 Å². The molecule has 0 aliphatic carbocycles. The van der Waals surface area contributed by atoms with E-state index in [0.717, 1.165) is 21.8 Å². The summed E-state index contributed by atoms with van der Waals surface area (Å²) in [6.45, 7) is 4.19. The molecule has 20 heavy (non-hydrogen) atoms. The van der Waals surface area contributed by atoms with Crippen LogP contribution in [0.5, 0.6) is 0 Å². The van der Waals surface area contributed by atoms with Crippen LogP contribution in [0.2, 0.25) is 5.02 Å². The van der Waals surface area contributed by atoms with Crippen LogP contribution in [0.25, 0.3) is 16.8 Å². The van der Waals surface area contributed by atoms with Gasteiger partial charge in [0.1, 0.15) is 0 Å². The maximum atomic E-state index is 6.23. The maximum Gasteiger partial charge on any atom is 0.0675 e. The van der Waals surface area contributed by atoms with Gasteiger partial charge in [-0.2, -0.15) is 5.10 Å². The van der Waals surface area contributed by atoms with Crippen molar-refractivity contribution >= 4 is 11.6 Å². The van der Waals surface area contributed by atoms with E-state index < -0.39 is 0 Å². The summed E-state index contributed by atoms with van der Waals surface area (Å²) in [5, 5.41) is 5.20. The topological polar surface area (TPSA) is 17.8 Å². The van der Waals surface area contributed by atoms with Crippen molar-refractivity contribution in [1.82, 2.24) is 9.78 Å². The number of aromatic nitrogens is 2. The number of rotatable bonds is 2. The number of benzene rings is 2. The lowest BCUT2D eigenvalue weighted by Gasteiger charge is -2.06. The Morgan fingerprint density at radius 1 is 1.05 bits per heavy atom. The summed E-state index contributed by atoms with van der Waals surface area (Å²) in [6, 6.07) is 14.2. The minimum atomic E-state index is 0.743. The van der Waals surface area contributed by atoms with Crippen LogP contribution in [0.4, 0.5) is 0 Å². The van der Waals surface area contributed by atoms with Crippen molar-refractivity contribution in [3.63, 3.8) is 0 Å². The van der Waals surface area contributed by atoms with E-state index in [1.54, 1.807) is 0 Å². The molecule has 0 fully saturated rings. The van der Waals surface area contributed by atoms with E-state index in [1.807, 2.05) is 41.3 Å². The predicted octanol–water partition coefficient (Wildman–Crippen LogP) is 4.81. The normalized spacial score (nSPS) is 10.8. The van der Waals surface area contributed by atoms with Crippen LogP contribution in [0.1, 0.15) is 11.1 Å². The molecule has 3 rings (SSSR count). The molecule has 0 atom stereocenters. The Kier molecular flexibility index (Phi) is 3.33. The first-order valence-electron chi connectivity index (χ1n) is 6.52. The van der Waals surface area contributed by atoms with Gasteiger partial charge in [0.15, 0.2) is 0 Å². The van der Waals surface area contributed by atoms with Crippen molar-refractivity contribution in [2.75, 3.05) is 0 Å². The number of aryl methyl sites for hydroxylation is 2. The highest BCUT2D eigenvalue weighted by molar-refractivity contribution is 6.33. The molecule has 0 unspecified atom stereocenters. The summed E-state index contributed by atoms with van der Waals surface area (Å²) in [5.74, 6) is 0. The number of hydrogen-bond donors (Lipinski definition) is 0. The number of nitrogens with zero attached hydrogens (tertiary/aromatic N) is 2. The fraction of sp³-hybridized carbons (Fsp3) is 0.118. The van der Waals surface area contributed by atoms with E-state index in [4.69, 9.17) is 11.6 Å². The lowest BCUT2D eigenvalue weighted by molar-refractivity contribution is 0.872. The average molecular weight is 283 g/mol. The van der Waals surface area contributed by atoms with Crippen LogP contribution in [0, 0.1) is 13.8 Å². The zero-order valence-corrected chi connectivity index (χ0v) is 12.2. The molecule has 0 N–H and O–H groups in total. The summed E-state index contributed by atoms with van der Waals surface area (Å²) in [4.78, 5) is 0. The van der Waals surface area contributed by atoms with Gasteiger partial charge in [0, 0.05) is 22.3 Å². The maximum absolute atomic E-state index is 6.23. The molecule has 2 nitrogen and oxygen atoms in total. The molecule has 0 amide bonds. The van der Waals surface area contributed by atoms with Crippen molar-refractivity contribution < 1.29 is 0 Å². The van der Waals surface area contributed by atoms with Gasteiger partial charge in [-0.25, -0.2) is 4.68 Å². The predicted molar refractivity (Wildman–Crippen MR) is 83.5 cm³/mol. The lowest BCUT2D eigenvalue weighted by atomic mass is 10.1. The van der Waals surface area contributed by atoms with Crippen LogP contribution in [0.3, 0.4) is 0 Å². The zero-order valence-electron chi connectivity index (χ0n) is 11.5. The molecular formula is C17H15ClN2. The average Bonchev–Trinajstić information content (AvgIpc) is 2.88. The van der Waals surface area contributed by atoms with Crippen molar-refractivity contribution in [3.8, 4) is 16.8 Å². The van der Waals surface area contributed by atoms with Gasteiger partial charge in [-0.3, -0.25) is 0 Å². The standard InChI is InChI=1S/C17H15ClN2/c1-12-7-8-17(13(2)9-12)20-11-14(10-19-20)15-5-3-4-6-16(15)18/h3-11H,1-2H3. The molecule has 3 aromatic rings. The molecule has 0 spiro atoms. The minimum absolute atomic E-state index is 0.743. The molecule has 0 saturated carbocycles. The van der Waals surface area contributed by atoms with Crippen LogP contribution in [0.15, 0.2) is 54.9 Å². The Labute approximate surface area is 123 Å². The van der Waals surface area contributed by atoms with Crippen molar-refractivity contribution in [2.24, 2.45) is 0 Å². The molecule has 100 valence electrons. The molecule has 0 saturated heterocycles. The first-order chi connectivity index (χ1) is 9.65. The fourth-order valence-electron chi connectivity index (χ4n) is 2.35. The first kappa shape index (κ1) is 12.9. The van der Waals surface area contributed by atoms with Crippen LogP contribution in [-0.4, -0.2) is 9.78 Å². The lowest BCUT2D eigenvalue weighted by Crippen LogP contribution is -1.97. The first-order valence-corrected chi connectivity index (χ1v) is 6.90. The second-order valence-corrected chi connectivity index (χ2v) is 5.35. The molecule has 3 heteroatoms. The Balaban J connectivity index is 2.04. The Bertz CT molecular complexity index is 759. The number of hydrogen-bond acceptors (Lipinski definition) is 1. The Morgan fingerprint density at radius 2 is 1.85 bits per heavy atom. The van der Waals surface area contributed by atoms with Crippen LogP contribution in [-0.2, 0) is 0 Å². The summed E-state index contributed by atoms with van der Waals surface area (Å²) in [7, 11) is 0. The van der Waals surface area contributed by atoms with E-state index in [-0.39, 0.29) is 0 Å². The fourth-order valence-corrected chi connectivity index (χ4v) is 2.60. The van der Waals surface area contributed by atoms with Crippen molar-refractivity contribution in [1.29, 1.82) is 0 Å². The summed E-state index contributed by atoms with van der Waals surface area (Å²) in [5.41, 5.74) is 5.58. The van der Waals surface area contributed by atoms with Gasteiger partial charge in [0.2, 0.25) is 0 Å². The molecule has 1 heterocycles. The van der Waals surface area contributed by atoms with Crippen molar-refractivity contribution in [2.45, 2.75) is 13.8 Å². The molecular weight excluding hydrogens is 268 g/mol. The Hall–Kier alpha value is -2.06. The van der Waals surface area contributed by atoms with E-state index in [1.165, 1.54) is 11.1 Å². The minimum Gasteiger partial charge on any atom is -0.240 e. The summed E-state index contributed by atoms with van der Waals surface area (Å²) >= 11 is 6.23. The van der Waals surface area contributed by atoms with Gasteiger partial charge < -0.3 is 0 Å². The quantitative estimate of drug-likeness (QED) is 0.659. The summed E-state index contributed by atoms with van der Waals surface area (Å²) < 4.78 is 1.90. The van der Waals surface area contributed by atoms with Crippen LogP contribution < -0.4 is 0 Å². The second kappa shape index (κ2) is 5.14. The zero-order chi connectivity index (χ0) is 14.1. The van der Waals surface area contributed by atoms with Gasteiger partial charge in [0.25, 0.3) is 0 Å². The number of halogens is 1. The van der Waals surface area contributed by atoms with Gasteiger partial charge in [-0.1, -0.05) is 47.5 Å². The smallest absolute Gasteiger partial charge is 0.0675 e. The SMILES string of the molecule is Cc1ccc(-n2cc(-c3ccccc3Cl)cn2)c(C)c1. The molecule has 0 radical (unpaired) electrons. The molecule has 1 aromatic heterocycles. The van der Waals surface area contributed by atoms with Crippen molar-refractivity contribution in [3.05, 3.63) is 71.0 Å². The van der Waals surface area contributed by atoms with E-state index >= 15 is 0 Å². The van der Waals surface area contributed by atoms with E-state index in [0.29, 0.717) is 0 Å². The summed E-state index contributed by atoms with van der Waals surface area (Å²) in [6.07, 6.45) is 3.86. The molecule has 0 bridgehead atoms. The third-order valence-corrected chi connectivity index (χ3v) is 3.70. The molecule has 2 aromatic carbocycles. The largest absolute Gasteiger partial charge is 0.240 e. The van der Waals surface area contributed by atoms with Gasteiger partial charge in [-0.15, -0.1) is 0 Å². The molecule has 0 aliphatic heterocycles. The Morgan fingerprint density at radius 3 is 2.60 bits per heavy atom. The highest BCUT2D eigenvalue weighted by Crippen LogP contribution is 2.28.